The lowest BCUT2D eigenvalue weighted by Crippen LogP contribution is -2.58. The number of carbonyl (C=O) groups excluding carboxylic acids is 1. The van der Waals surface area contributed by atoms with Crippen LogP contribution in [0.1, 0.15) is 44.0 Å². The van der Waals surface area contributed by atoms with Crippen molar-refractivity contribution in [1.82, 2.24) is 4.90 Å². The molecule has 2 unspecified atom stereocenters. The molecule has 1 aromatic rings. The fourth-order valence-corrected chi connectivity index (χ4v) is 3.34. The van der Waals surface area contributed by atoms with E-state index in [1.807, 2.05) is 20.8 Å². The lowest BCUT2D eigenvalue weighted by molar-refractivity contribution is 0.0464. The molecule has 1 aliphatic rings. The van der Waals surface area contributed by atoms with Crippen LogP contribution in [0.4, 0.5) is 10.5 Å². The number of hydrogen-bond acceptors (Lipinski definition) is 5. The van der Waals surface area contributed by atoms with Crippen LogP contribution in [-0.4, -0.2) is 47.3 Å². The number of amides is 1. The van der Waals surface area contributed by atoms with E-state index in [0.717, 1.165) is 0 Å². The molecule has 7 heteroatoms. The monoisotopic (exact) mass is 359 g/mol. The predicted octanol–water partition coefficient (Wildman–Crippen LogP) is 3.34. The van der Waals surface area contributed by atoms with Gasteiger partial charge >= 0.3 is 12.1 Å². The Labute approximate surface area is 153 Å². The molecule has 140 valence electrons. The van der Waals surface area contributed by atoms with E-state index in [4.69, 9.17) is 0 Å². The minimum Gasteiger partial charge on any atom is -0.465 e. The first-order valence-electron chi connectivity index (χ1n) is 8.49. The van der Waals surface area contributed by atoms with Crippen LogP contribution in [0.3, 0.4) is 0 Å². The first-order chi connectivity index (χ1) is 12.1. The first-order valence-corrected chi connectivity index (χ1v) is 8.49. The second-order valence-corrected chi connectivity index (χ2v) is 7.70. The van der Waals surface area contributed by atoms with Gasteiger partial charge in [0.25, 0.3) is 0 Å². The summed E-state index contributed by atoms with van der Waals surface area (Å²) in [4.78, 5) is 24.5. The number of esters is 1. The highest BCUT2D eigenvalue weighted by molar-refractivity contribution is 5.89. The zero-order valence-corrected chi connectivity index (χ0v) is 15.6. The molecule has 2 N–H and O–H groups in total. The molecule has 0 aromatic heterocycles. The summed E-state index contributed by atoms with van der Waals surface area (Å²) in [7, 11) is 1.32. The van der Waals surface area contributed by atoms with Gasteiger partial charge in [0.05, 0.1) is 18.7 Å². The Morgan fingerprint density at radius 3 is 2.42 bits per heavy atom. The Balaban J connectivity index is 2.24. The Morgan fingerprint density at radius 1 is 1.35 bits per heavy atom. The normalized spacial score (nSPS) is 23.0. The van der Waals surface area contributed by atoms with E-state index < -0.39 is 17.6 Å². The van der Waals surface area contributed by atoms with Crippen molar-refractivity contribution in [2.45, 2.75) is 45.2 Å². The molecule has 1 fully saturated rings. The van der Waals surface area contributed by atoms with Gasteiger partial charge in [0, 0.05) is 31.1 Å². The Kier molecular flexibility index (Phi) is 5.45. The fourth-order valence-electron chi connectivity index (χ4n) is 3.34. The largest absolute Gasteiger partial charge is 0.465 e. The van der Waals surface area contributed by atoms with Gasteiger partial charge in [-0.2, -0.15) is 5.26 Å². The van der Waals surface area contributed by atoms with E-state index in [1.165, 1.54) is 12.0 Å². The zero-order valence-electron chi connectivity index (χ0n) is 15.6. The minimum atomic E-state index is -0.959. The number of ether oxygens (including phenoxy) is 1. The van der Waals surface area contributed by atoms with Crippen molar-refractivity contribution in [1.29, 1.82) is 5.26 Å². The van der Waals surface area contributed by atoms with Gasteiger partial charge in [-0.15, -0.1) is 0 Å². The van der Waals surface area contributed by atoms with Gasteiger partial charge in [-0.1, -0.05) is 20.8 Å². The maximum absolute atomic E-state index is 11.6. The van der Waals surface area contributed by atoms with Gasteiger partial charge in [0.15, 0.2) is 0 Å². The van der Waals surface area contributed by atoms with Crippen LogP contribution in [-0.2, 0) is 4.74 Å². The summed E-state index contributed by atoms with van der Waals surface area (Å²) in [5.74, 6) is -0.422. The number of benzene rings is 1. The third-order valence-electron chi connectivity index (χ3n) is 4.85. The molecule has 2 rings (SSSR count). The highest BCUT2D eigenvalue weighted by atomic mass is 16.5. The third-order valence-corrected chi connectivity index (χ3v) is 4.85. The maximum atomic E-state index is 11.6. The van der Waals surface area contributed by atoms with Crippen molar-refractivity contribution < 1.29 is 19.4 Å². The summed E-state index contributed by atoms with van der Waals surface area (Å²) < 4.78 is 4.68. The van der Waals surface area contributed by atoms with Crippen LogP contribution in [0.5, 0.6) is 0 Å². The molecule has 1 saturated heterocycles. The molecule has 1 aliphatic heterocycles. The predicted molar refractivity (Wildman–Crippen MR) is 97.0 cm³/mol. The van der Waals surface area contributed by atoms with E-state index in [1.54, 1.807) is 24.3 Å². The van der Waals surface area contributed by atoms with E-state index >= 15 is 0 Å². The zero-order chi connectivity index (χ0) is 19.5. The minimum absolute atomic E-state index is 0.282. The van der Waals surface area contributed by atoms with Crippen LogP contribution >= 0.6 is 0 Å². The van der Waals surface area contributed by atoms with Gasteiger partial charge in [-0.25, -0.2) is 9.59 Å². The summed E-state index contributed by atoms with van der Waals surface area (Å²) in [6, 6.07) is 8.78. The average Bonchev–Trinajstić information content (AvgIpc) is 2.60. The number of rotatable bonds is 3. The Hall–Kier alpha value is -2.75. The molecule has 1 heterocycles. The summed E-state index contributed by atoms with van der Waals surface area (Å²) in [6.45, 7) is 6.22. The van der Waals surface area contributed by atoms with Crippen molar-refractivity contribution in [2.75, 3.05) is 19.0 Å². The lowest BCUT2D eigenvalue weighted by Gasteiger charge is -2.48. The van der Waals surface area contributed by atoms with Crippen LogP contribution in [0.15, 0.2) is 24.3 Å². The summed E-state index contributed by atoms with van der Waals surface area (Å²) in [5.41, 5.74) is -0.0264. The quantitative estimate of drug-likeness (QED) is 0.803. The number of hydrogen-bond donors (Lipinski definition) is 2. The highest BCUT2D eigenvalue weighted by Crippen LogP contribution is 2.38. The van der Waals surface area contributed by atoms with Crippen LogP contribution in [0, 0.1) is 16.7 Å². The summed E-state index contributed by atoms with van der Waals surface area (Å²) in [6.07, 6.45) is -0.182. The molecule has 0 saturated carbocycles. The molecule has 7 nitrogen and oxygen atoms in total. The number of nitrogens with zero attached hydrogens (tertiary/aromatic N) is 2. The molecular formula is C19H25N3O4. The Morgan fingerprint density at radius 2 is 1.96 bits per heavy atom. The highest BCUT2D eigenvalue weighted by Gasteiger charge is 2.46. The molecule has 26 heavy (non-hydrogen) atoms. The summed E-state index contributed by atoms with van der Waals surface area (Å²) in [5, 5.41) is 22.6. The number of nitrogens with one attached hydrogen (secondary N) is 1. The van der Waals surface area contributed by atoms with E-state index in [9.17, 15) is 20.0 Å². The average molecular weight is 359 g/mol. The van der Waals surface area contributed by atoms with Crippen molar-refractivity contribution in [3.8, 4) is 6.07 Å². The Bertz CT molecular complexity index is 718. The number of likely N-dealkylation sites (tertiary alicyclic amines) is 1. The third kappa shape index (κ3) is 4.07. The van der Waals surface area contributed by atoms with Crippen LogP contribution in [0.2, 0.25) is 0 Å². The second kappa shape index (κ2) is 7.24. The van der Waals surface area contributed by atoms with Crippen molar-refractivity contribution in [3.63, 3.8) is 0 Å². The number of methoxy groups -OCH3 is 1. The van der Waals surface area contributed by atoms with E-state index in [2.05, 4.69) is 16.1 Å². The van der Waals surface area contributed by atoms with Crippen molar-refractivity contribution in [2.24, 2.45) is 5.41 Å². The molecule has 1 aromatic carbocycles. The first kappa shape index (κ1) is 19.6. The lowest BCUT2D eigenvalue weighted by atomic mass is 9.74. The van der Waals surface area contributed by atoms with Crippen LogP contribution in [0.25, 0.3) is 0 Å². The number of nitriles is 1. The molecule has 0 radical (unpaired) electrons. The van der Waals surface area contributed by atoms with Gasteiger partial charge in [0.2, 0.25) is 0 Å². The fraction of sp³-hybridized carbons (Fsp3) is 0.526. The molecular weight excluding hydrogens is 334 g/mol. The molecule has 0 bridgehead atoms. The van der Waals surface area contributed by atoms with Gasteiger partial charge in [-0.05, 0) is 29.7 Å². The topological polar surface area (TPSA) is 103 Å². The SMILES string of the molecule is COC(=O)c1ccc(NC2(C#N)CCN(C(=O)O)C(C(C)(C)C)C2)cc1. The van der Waals surface area contributed by atoms with Gasteiger partial charge in [-0.3, -0.25) is 0 Å². The molecule has 0 spiro atoms. The van der Waals surface area contributed by atoms with Crippen molar-refractivity contribution >= 4 is 17.7 Å². The second-order valence-electron chi connectivity index (χ2n) is 7.70. The molecule has 0 aliphatic carbocycles. The van der Waals surface area contributed by atoms with E-state index in [-0.39, 0.29) is 18.0 Å². The number of carbonyl (C=O) groups is 2. The molecule has 2 atom stereocenters. The number of carboxylic acid groups (broad SMARTS) is 1. The van der Waals surface area contributed by atoms with Crippen molar-refractivity contribution in [3.05, 3.63) is 29.8 Å². The number of piperidine rings is 1. The van der Waals surface area contributed by atoms with Crippen LogP contribution < -0.4 is 5.32 Å². The smallest absolute Gasteiger partial charge is 0.407 e. The summed E-state index contributed by atoms with van der Waals surface area (Å²) >= 11 is 0. The van der Waals surface area contributed by atoms with Gasteiger partial charge in [0.1, 0.15) is 5.54 Å². The molecule has 1 amide bonds. The number of anilines is 1. The standard InChI is InChI=1S/C19H25N3O4/c1-18(2,3)15-11-19(12-20,9-10-22(15)17(24)25)21-14-7-5-13(6-8-14)16(23)26-4/h5-8,15,21H,9-11H2,1-4H3,(H,24,25). The van der Waals surface area contributed by atoms with Gasteiger partial charge < -0.3 is 20.1 Å². The van der Waals surface area contributed by atoms with E-state index in [0.29, 0.717) is 24.1 Å². The maximum Gasteiger partial charge on any atom is 0.407 e.